The molecule has 5 heteroatoms. The molecule has 5 nitrogen and oxygen atoms in total. The highest BCUT2D eigenvalue weighted by Crippen LogP contribution is 2.00. The van der Waals surface area contributed by atoms with E-state index in [1.54, 1.807) is 12.5 Å². The second-order valence-electron chi connectivity index (χ2n) is 4.63. The molecule has 0 saturated carbocycles. The van der Waals surface area contributed by atoms with Gasteiger partial charge in [0.2, 0.25) is 0 Å². The maximum atomic E-state index is 5.30. The molecule has 0 aliphatic rings. The van der Waals surface area contributed by atoms with E-state index < -0.39 is 0 Å². The van der Waals surface area contributed by atoms with Crippen LogP contribution in [0.5, 0.6) is 0 Å². The molecule has 0 aliphatic carbocycles. The van der Waals surface area contributed by atoms with Crippen LogP contribution < -0.4 is 10.6 Å². The van der Waals surface area contributed by atoms with Crippen LogP contribution in [0.4, 0.5) is 0 Å². The number of hydrogen-bond acceptors (Lipinski definition) is 3. The highest BCUT2D eigenvalue weighted by atomic mass is 16.3. The van der Waals surface area contributed by atoms with Crippen LogP contribution in [-0.2, 0) is 12.8 Å². The molecule has 0 fully saturated rings. The maximum Gasteiger partial charge on any atom is 0.191 e. The summed E-state index contributed by atoms with van der Waals surface area (Å²) in [6, 6.07) is 7.91. The summed E-state index contributed by atoms with van der Waals surface area (Å²) in [7, 11) is 0. The molecule has 0 spiro atoms. The van der Waals surface area contributed by atoms with E-state index in [0.717, 1.165) is 37.7 Å². The lowest BCUT2D eigenvalue weighted by atomic mass is 10.2. The normalized spacial score (nSPS) is 11.4. The zero-order valence-corrected chi connectivity index (χ0v) is 12.4. The van der Waals surface area contributed by atoms with Gasteiger partial charge in [0, 0.05) is 38.4 Å². The number of aromatic nitrogens is 1. The maximum absolute atomic E-state index is 5.30. The van der Waals surface area contributed by atoms with Crippen LogP contribution >= 0.6 is 0 Å². The highest BCUT2D eigenvalue weighted by Gasteiger charge is 1.99. The molecule has 2 aromatic rings. The van der Waals surface area contributed by atoms with Crippen molar-refractivity contribution < 1.29 is 4.42 Å². The van der Waals surface area contributed by atoms with Crippen LogP contribution in [0.2, 0.25) is 0 Å². The smallest absolute Gasteiger partial charge is 0.191 e. The minimum Gasteiger partial charge on any atom is -0.469 e. The van der Waals surface area contributed by atoms with E-state index in [1.807, 2.05) is 24.4 Å². The van der Waals surface area contributed by atoms with Crippen LogP contribution in [0.3, 0.4) is 0 Å². The van der Waals surface area contributed by atoms with E-state index in [4.69, 9.17) is 4.42 Å². The molecular formula is C16H22N4O. The minimum absolute atomic E-state index is 0.704. The van der Waals surface area contributed by atoms with Crippen LogP contribution in [-0.4, -0.2) is 30.6 Å². The van der Waals surface area contributed by atoms with E-state index in [0.29, 0.717) is 6.54 Å². The fourth-order valence-electron chi connectivity index (χ4n) is 1.95. The lowest BCUT2D eigenvalue weighted by molar-refractivity contribution is 0.510. The third-order valence-corrected chi connectivity index (χ3v) is 2.98. The molecule has 2 rings (SSSR count). The summed E-state index contributed by atoms with van der Waals surface area (Å²) in [5, 5.41) is 6.57. The summed E-state index contributed by atoms with van der Waals surface area (Å²) in [5.74, 6) is 1.80. The van der Waals surface area contributed by atoms with Crippen molar-refractivity contribution in [2.45, 2.75) is 19.8 Å². The lowest BCUT2D eigenvalue weighted by Crippen LogP contribution is -2.38. The van der Waals surface area contributed by atoms with Crippen molar-refractivity contribution in [1.29, 1.82) is 0 Å². The first-order valence-corrected chi connectivity index (χ1v) is 7.32. The van der Waals surface area contributed by atoms with Crippen LogP contribution in [0.15, 0.2) is 52.3 Å². The fraction of sp³-hybridized carbons (Fsp3) is 0.375. The largest absolute Gasteiger partial charge is 0.469 e. The molecule has 0 unspecified atom stereocenters. The Balaban J connectivity index is 1.75. The summed E-state index contributed by atoms with van der Waals surface area (Å²) in [6.45, 7) is 4.44. The van der Waals surface area contributed by atoms with Gasteiger partial charge in [-0.2, -0.15) is 0 Å². The average molecular weight is 286 g/mol. The molecule has 21 heavy (non-hydrogen) atoms. The first-order chi connectivity index (χ1) is 10.4. The molecule has 112 valence electrons. The van der Waals surface area contributed by atoms with Gasteiger partial charge in [-0.25, -0.2) is 0 Å². The monoisotopic (exact) mass is 286 g/mol. The fourth-order valence-corrected chi connectivity index (χ4v) is 1.95. The summed E-state index contributed by atoms with van der Waals surface area (Å²) in [4.78, 5) is 8.65. The lowest BCUT2D eigenvalue weighted by Gasteiger charge is -2.11. The third kappa shape index (κ3) is 5.69. The molecule has 0 atom stereocenters. The Kier molecular flexibility index (Phi) is 6.32. The number of pyridine rings is 1. The molecule has 0 aromatic carbocycles. The standard InChI is InChI=1S/C16H22N4O/c1-2-18-16(20-11-8-15-6-4-12-21-15)19-10-7-14-5-3-9-17-13-14/h3-6,9,12-13H,2,7-8,10-11H2,1H3,(H2,18,19,20). The number of furan rings is 1. The Hall–Kier alpha value is -2.30. The molecule has 2 heterocycles. The second-order valence-corrected chi connectivity index (χ2v) is 4.63. The number of nitrogens with one attached hydrogen (secondary N) is 2. The van der Waals surface area contributed by atoms with E-state index >= 15 is 0 Å². The van der Waals surface area contributed by atoms with Gasteiger partial charge in [-0.15, -0.1) is 0 Å². The molecule has 0 bridgehead atoms. The van der Waals surface area contributed by atoms with E-state index in [9.17, 15) is 0 Å². The Labute approximate surface area is 125 Å². The van der Waals surface area contributed by atoms with Crippen molar-refractivity contribution in [3.8, 4) is 0 Å². The summed E-state index contributed by atoms with van der Waals surface area (Å²) in [5.41, 5.74) is 1.22. The highest BCUT2D eigenvalue weighted by molar-refractivity contribution is 5.79. The molecule has 0 radical (unpaired) electrons. The Morgan fingerprint density at radius 3 is 2.90 bits per heavy atom. The van der Waals surface area contributed by atoms with Gasteiger partial charge >= 0.3 is 0 Å². The van der Waals surface area contributed by atoms with Crippen molar-refractivity contribution in [1.82, 2.24) is 15.6 Å². The summed E-state index contributed by atoms with van der Waals surface area (Å²) < 4.78 is 5.30. The second kappa shape index (κ2) is 8.79. The van der Waals surface area contributed by atoms with Gasteiger partial charge in [-0.3, -0.25) is 9.98 Å². The molecule has 0 saturated heterocycles. The van der Waals surface area contributed by atoms with Crippen LogP contribution in [0.1, 0.15) is 18.2 Å². The van der Waals surface area contributed by atoms with Gasteiger partial charge in [0.1, 0.15) is 5.76 Å². The van der Waals surface area contributed by atoms with Gasteiger partial charge < -0.3 is 15.1 Å². The predicted molar refractivity (Wildman–Crippen MR) is 84.3 cm³/mol. The van der Waals surface area contributed by atoms with E-state index in [2.05, 4.69) is 33.6 Å². The number of rotatable bonds is 7. The van der Waals surface area contributed by atoms with Gasteiger partial charge in [-0.1, -0.05) is 6.07 Å². The predicted octanol–water partition coefficient (Wildman–Crippen LogP) is 2.01. The topological polar surface area (TPSA) is 62.5 Å². The molecule has 0 amide bonds. The molecule has 0 aliphatic heterocycles. The van der Waals surface area contributed by atoms with Crippen LogP contribution in [0, 0.1) is 0 Å². The number of nitrogens with zero attached hydrogens (tertiary/aromatic N) is 2. The van der Waals surface area contributed by atoms with Crippen LogP contribution in [0.25, 0.3) is 0 Å². The third-order valence-electron chi connectivity index (χ3n) is 2.98. The van der Waals surface area contributed by atoms with Gasteiger partial charge in [0.15, 0.2) is 5.96 Å². The molecular weight excluding hydrogens is 264 g/mol. The Morgan fingerprint density at radius 2 is 2.19 bits per heavy atom. The van der Waals surface area contributed by atoms with Gasteiger partial charge in [0.05, 0.1) is 6.26 Å². The van der Waals surface area contributed by atoms with Crippen molar-refractivity contribution in [3.63, 3.8) is 0 Å². The van der Waals surface area contributed by atoms with Crippen molar-refractivity contribution in [3.05, 3.63) is 54.2 Å². The number of aliphatic imine (C=N–C) groups is 1. The first kappa shape index (κ1) is 15.1. The molecule has 2 aromatic heterocycles. The SMILES string of the molecule is CCNC(=NCCc1ccco1)NCCc1cccnc1. The van der Waals surface area contributed by atoms with Crippen molar-refractivity contribution in [2.24, 2.45) is 4.99 Å². The summed E-state index contributed by atoms with van der Waals surface area (Å²) >= 11 is 0. The van der Waals surface area contributed by atoms with Gasteiger partial charge in [0.25, 0.3) is 0 Å². The zero-order chi connectivity index (χ0) is 14.8. The van der Waals surface area contributed by atoms with Crippen molar-refractivity contribution in [2.75, 3.05) is 19.6 Å². The quantitative estimate of drug-likeness (QED) is 0.604. The first-order valence-electron chi connectivity index (χ1n) is 7.32. The minimum atomic E-state index is 0.704. The molecule has 2 N–H and O–H groups in total. The number of hydrogen-bond donors (Lipinski definition) is 2. The summed E-state index contributed by atoms with van der Waals surface area (Å²) in [6.07, 6.45) is 7.11. The van der Waals surface area contributed by atoms with E-state index in [-0.39, 0.29) is 0 Å². The zero-order valence-electron chi connectivity index (χ0n) is 12.4. The van der Waals surface area contributed by atoms with Gasteiger partial charge in [-0.05, 0) is 37.1 Å². The van der Waals surface area contributed by atoms with Crippen molar-refractivity contribution >= 4 is 5.96 Å². The van der Waals surface area contributed by atoms with E-state index in [1.165, 1.54) is 5.56 Å². The average Bonchev–Trinajstić information content (AvgIpc) is 3.02. The Morgan fingerprint density at radius 1 is 1.24 bits per heavy atom. The number of guanidine groups is 1. The Bertz CT molecular complexity index is 522.